The standard InChI is InChI=1S/C21H25FN4O2/c1-3-18(27)26-9-6-17-19(24-13-23-17)21(26)7-10-25(11-8-21)20(28)15-4-5-16(22)14(2)12-15/h4-5,12-13H,3,6-11H2,1-2H3,(H,23,24). The third-order valence-electron chi connectivity index (χ3n) is 6.15. The molecule has 3 heterocycles. The van der Waals surface area contributed by atoms with Crippen molar-refractivity contribution in [2.45, 2.75) is 45.1 Å². The van der Waals surface area contributed by atoms with Gasteiger partial charge in [-0.3, -0.25) is 9.59 Å². The number of aromatic amines is 1. The minimum absolute atomic E-state index is 0.0932. The van der Waals surface area contributed by atoms with Gasteiger partial charge in [0.1, 0.15) is 5.82 Å². The molecule has 0 atom stereocenters. The maximum Gasteiger partial charge on any atom is 0.253 e. The molecule has 0 radical (unpaired) electrons. The van der Waals surface area contributed by atoms with Crippen LogP contribution in [0.15, 0.2) is 24.5 Å². The van der Waals surface area contributed by atoms with Crippen molar-refractivity contribution in [3.63, 3.8) is 0 Å². The quantitative estimate of drug-likeness (QED) is 0.866. The van der Waals surface area contributed by atoms with Crippen LogP contribution in [0, 0.1) is 12.7 Å². The molecule has 2 aromatic rings. The summed E-state index contributed by atoms with van der Waals surface area (Å²) in [6, 6.07) is 4.47. The second kappa shape index (κ2) is 7.04. The first-order chi connectivity index (χ1) is 13.5. The Morgan fingerprint density at radius 1 is 1.25 bits per heavy atom. The van der Waals surface area contributed by atoms with Crippen molar-refractivity contribution in [1.29, 1.82) is 0 Å². The van der Waals surface area contributed by atoms with E-state index in [2.05, 4.69) is 9.97 Å². The van der Waals surface area contributed by atoms with Gasteiger partial charge in [-0.1, -0.05) is 6.92 Å². The zero-order valence-electron chi connectivity index (χ0n) is 16.3. The predicted molar refractivity (Wildman–Crippen MR) is 102 cm³/mol. The number of hydrogen-bond acceptors (Lipinski definition) is 3. The van der Waals surface area contributed by atoms with Gasteiger partial charge in [0, 0.05) is 43.7 Å². The van der Waals surface area contributed by atoms with Crippen LogP contribution in [0.3, 0.4) is 0 Å². The summed E-state index contributed by atoms with van der Waals surface area (Å²) in [5.74, 6) is -0.275. The Morgan fingerprint density at radius 3 is 2.68 bits per heavy atom. The Morgan fingerprint density at radius 2 is 2.00 bits per heavy atom. The topological polar surface area (TPSA) is 69.3 Å². The molecule has 4 rings (SSSR count). The Hall–Kier alpha value is -2.70. The molecule has 6 nitrogen and oxygen atoms in total. The van der Waals surface area contributed by atoms with Gasteiger partial charge in [-0.05, 0) is 43.5 Å². The van der Waals surface area contributed by atoms with E-state index in [-0.39, 0.29) is 17.6 Å². The fourth-order valence-corrected chi connectivity index (χ4v) is 4.58. The van der Waals surface area contributed by atoms with Crippen LogP contribution in [0.25, 0.3) is 0 Å². The number of aryl methyl sites for hydroxylation is 1. The number of nitrogens with one attached hydrogen (secondary N) is 1. The van der Waals surface area contributed by atoms with E-state index in [1.54, 1.807) is 24.2 Å². The number of hydrogen-bond donors (Lipinski definition) is 1. The molecule has 1 aromatic carbocycles. The lowest BCUT2D eigenvalue weighted by Crippen LogP contribution is -2.58. The lowest BCUT2D eigenvalue weighted by Gasteiger charge is -2.50. The van der Waals surface area contributed by atoms with E-state index < -0.39 is 5.54 Å². The average Bonchev–Trinajstić information content (AvgIpc) is 3.20. The summed E-state index contributed by atoms with van der Waals surface area (Å²) in [7, 11) is 0. The fourth-order valence-electron chi connectivity index (χ4n) is 4.58. The van der Waals surface area contributed by atoms with Crippen LogP contribution in [0.4, 0.5) is 4.39 Å². The van der Waals surface area contributed by atoms with Crippen molar-refractivity contribution in [3.05, 3.63) is 52.9 Å². The molecule has 0 unspecified atom stereocenters. The largest absolute Gasteiger partial charge is 0.348 e. The van der Waals surface area contributed by atoms with Crippen molar-refractivity contribution < 1.29 is 14.0 Å². The summed E-state index contributed by atoms with van der Waals surface area (Å²) in [5, 5.41) is 0. The first-order valence-corrected chi connectivity index (χ1v) is 9.85. The molecule has 28 heavy (non-hydrogen) atoms. The number of H-pyrrole nitrogens is 1. The van der Waals surface area contributed by atoms with Gasteiger partial charge in [-0.15, -0.1) is 0 Å². The van der Waals surface area contributed by atoms with Crippen molar-refractivity contribution in [1.82, 2.24) is 19.8 Å². The molecule has 148 valence electrons. The van der Waals surface area contributed by atoms with Gasteiger partial charge in [0.2, 0.25) is 5.91 Å². The number of halogens is 1. The number of carbonyl (C=O) groups excluding carboxylic acids is 2. The van der Waals surface area contributed by atoms with Gasteiger partial charge < -0.3 is 14.8 Å². The van der Waals surface area contributed by atoms with Crippen LogP contribution in [0.2, 0.25) is 0 Å². The molecule has 2 aliphatic heterocycles. The molecule has 0 saturated carbocycles. The molecule has 0 aliphatic carbocycles. The van der Waals surface area contributed by atoms with Crippen molar-refractivity contribution in [2.75, 3.05) is 19.6 Å². The Labute approximate surface area is 163 Å². The zero-order valence-corrected chi connectivity index (χ0v) is 16.3. The third-order valence-corrected chi connectivity index (χ3v) is 6.15. The summed E-state index contributed by atoms with van der Waals surface area (Å²) in [6.07, 6.45) is 4.25. The van der Waals surface area contributed by atoms with E-state index in [1.165, 1.54) is 12.1 Å². The van der Waals surface area contributed by atoms with Crippen LogP contribution in [-0.4, -0.2) is 51.2 Å². The predicted octanol–water partition coefficient (Wildman–Crippen LogP) is 2.78. The highest BCUT2D eigenvalue weighted by molar-refractivity contribution is 5.94. The minimum Gasteiger partial charge on any atom is -0.348 e. The number of imidazole rings is 1. The Bertz CT molecular complexity index is 915. The average molecular weight is 384 g/mol. The molecular formula is C21H25FN4O2. The molecule has 1 saturated heterocycles. The van der Waals surface area contributed by atoms with Crippen molar-refractivity contribution in [2.24, 2.45) is 0 Å². The molecule has 2 aliphatic rings. The van der Waals surface area contributed by atoms with E-state index in [1.807, 2.05) is 11.8 Å². The molecule has 0 bridgehead atoms. The molecule has 2 amide bonds. The normalized spacial score (nSPS) is 18.2. The fraction of sp³-hybridized carbons (Fsp3) is 0.476. The molecule has 7 heteroatoms. The Kier molecular flexibility index (Phi) is 4.69. The molecular weight excluding hydrogens is 359 g/mol. The smallest absolute Gasteiger partial charge is 0.253 e. The van der Waals surface area contributed by atoms with Crippen molar-refractivity contribution in [3.8, 4) is 0 Å². The van der Waals surface area contributed by atoms with Crippen LogP contribution >= 0.6 is 0 Å². The van der Waals surface area contributed by atoms with Gasteiger partial charge in [-0.25, -0.2) is 9.37 Å². The van der Waals surface area contributed by atoms with Gasteiger partial charge in [-0.2, -0.15) is 0 Å². The number of rotatable bonds is 2. The van der Waals surface area contributed by atoms with Crippen LogP contribution < -0.4 is 0 Å². The third kappa shape index (κ3) is 2.89. The molecule has 1 aromatic heterocycles. The molecule has 1 N–H and O–H groups in total. The number of nitrogens with zero attached hydrogens (tertiary/aromatic N) is 3. The van der Waals surface area contributed by atoms with Crippen LogP contribution in [0.5, 0.6) is 0 Å². The zero-order chi connectivity index (χ0) is 19.9. The summed E-state index contributed by atoms with van der Waals surface area (Å²) < 4.78 is 13.5. The van der Waals surface area contributed by atoms with Gasteiger partial charge >= 0.3 is 0 Å². The number of likely N-dealkylation sites (tertiary alicyclic amines) is 1. The second-order valence-electron chi connectivity index (χ2n) is 7.67. The second-order valence-corrected chi connectivity index (χ2v) is 7.67. The number of piperidine rings is 1. The highest BCUT2D eigenvalue weighted by Gasteiger charge is 2.48. The SMILES string of the molecule is CCC(=O)N1CCc2[nH]cnc2C12CCN(C(=O)c1ccc(F)c(C)c1)CC2. The summed E-state index contributed by atoms with van der Waals surface area (Å²) in [5.41, 5.74) is 2.56. The highest BCUT2D eigenvalue weighted by atomic mass is 19.1. The van der Waals surface area contributed by atoms with Crippen LogP contribution in [0.1, 0.15) is 53.5 Å². The summed E-state index contributed by atoms with van der Waals surface area (Å²) in [4.78, 5) is 37.1. The number of fused-ring (bicyclic) bond motifs is 2. The number of carbonyl (C=O) groups is 2. The summed E-state index contributed by atoms with van der Waals surface area (Å²) in [6.45, 7) is 5.29. The van der Waals surface area contributed by atoms with E-state index >= 15 is 0 Å². The first kappa shape index (κ1) is 18.7. The Balaban J connectivity index is 1.58. The van der Waals surface area contributed by atoms with Gasteiger partial charge in [0.25, 0.3) is 5.91 Å². The number of aromatic nitrogens is 2. The monoisotopic (exact) mass is 384 g/mol. The van der Waals surface area contributed by atoms with E-state index in [0.29, 0.717) is 50.0 Å². The number of benzene rings is 1. The maximum atomic E-state index is 13.5. The first-order valence-electron chi connectivity index (χ1n) is 9.85. The van der Waals surface area contributed by atoms with E-state index in [4.69, 9.17) is 0 Å². The van der Waals surface area contributed by atoms with E-state index in [0.717, 1.165) is 17.8 Å². The highest BCUT2D eigenvalue weighted by Crippen LogP contribution is 2.42. The molecule has 1 fully saturated rings. The van der Waals surface area contributed by atoms with Gasteiger partial charge in [0.05, 0.1) is 17.6 Å². The molecule has 1 spiro atoms. The number of amides is 2. The van der Waals surface area contributed by atoms with E-state index in [9.17, 15) is 14.0 Å². The summed E-state index contributed by atoms with van der Waals surface area (Å²) >= 11 is 0. The lowest BCUT2D eigenvalue weighted by atomic mass is 9.78. The van der Waals surface area contributed by atoms with Crippen LogP contribution in [-0.2, 0) is 16.8 Å². The lowest BCUT2D eigenvalue weighted by molar-refractivity contribution is -0.141. The minimum atomic E-state index is -0.448. The van der Waals surface area contributed by atoms with Crippen molar-refractivity contribution >= 4 is 11.8 Å². The van der Waals surface area contributed by atoms with Gasteiger partial charge in [0.15, 0.2) is 0 Å². The maximum absolute atomic E-state index is 13.5.